The monoisotopic (exact) mass is 377 g/mol. The minimum atomic E-state index is -0.335. The standard InChI is InChI=1S/C18H20ClN3O2S/c1-11-15(17(24)21-12-7-3-2-4-8-12)25-18(20-11)22-16(23)13-9-5-6-10-14(13)19/h5-6,9-10,12H,2-4,7-8H2,1H3,(H,21,24)(H,20,22,23). The number of hydrogen-bond acceptors (Lipinski definition) is 4. The van der Waals surface area contributed by atoms with E-state index in [4.69, 9.17) is 11.6 Å². The van der Waals surface area contributed by atoms with E-state index in [1.807, 2.05) is 0 Å². The van der Waals surface area contributed by atoms with Gasteiger partial charge in [0.25, 0.3) is 11.8 Å². The van der Waals surface area contributed by atoms with Crippen LogP contribution in [-0.4, -0.2) is 22.8 Å². The quantitative estimate of drug-likeness (QED) is 0.828. The second-order valence-corrected chi connectivity index (χ2v) is 7.58. The highest BCUT2D eigenvalue weighted by Gasteiger charge is 2.21. The molecule has 3 rings (SSSR count). The zero-order valence-corrected chi connectivity index (χ0v) is 15.5. The van der Waals surface area contributed by atoms with E-state index in [0.29, 0.717) is 26.3 Å². The van der Waals surface area contributed by atoms with Crippen LogP contribution in [0.3, 0.4) is 0 Å². The van der Waals surface area contributed by atoms with E-state index in [1.54, 1.807) is 31.2 Å². The summed E-state index contributed by atoms with van der Waals surface area (Å²) >= 11 is 7.23. The highest BCUT2D eigenvalue weighted by molar-refractivity contribution is 7.17. The van der Waals surface area contributed by atoms with Gasteiger partial charge >= 0.3 is 0 Å². The molecule has 0 radical (unpaired) electrons. The van der Waals surface area contributed by atoms with Crippen LogP contribution in [-0.2, 0) is 0 Å². The van der Waals surface area contributed by atoms with Crippen molar-refractivity contribution in [2.75, 3.05) is 5.32 Å². The lowest BCUT2D eigenvalue weighted by molar-refractivity contribution is 0.0930. The number of amides is 2. The molecule has 1 aliphatic carbocycles. The van der Waals surface area contributed by atoms with E-state index < -0.39 is 0 Å². The van der Waals surface area contributed by atoms with E-state index in [-0.39, 0.29) is 17.9 Å². The van der Waals surface area contributed by atoms with Crippen LogP contribution in [0, 0.1) is 6.92 Å². The summed E-state index contributed by atoms with van der Waals surface area (Å²) in [5.74, 6) is -0.446. The average molecular weight is 378 g/mol. The summed E-state index contributed by atoms with van der Waals surface area (Å²) in [7, 11) is 0. The van der Waals surface area contributed by atoms with Crippen molar-refractivity contribution in [1.29, 1.82) is 0 Å². The topological polar surface area (TPSA) is 71.1 Å². The van der Waals surface area contributed by atoms with E-state index in [0.717, 1.165) is 25.7 Å². The zero-order chi connectivity index (χ0) is 17.8. The van der Waals surface area contributed by atoms with Crippen molar-refractivity contribution in [2.45, 2.75) is 45.1 Å². The predicted molar refractivity (Wildman–Crippen MR) is 101 cm³/mol. The maximum absolute atomic E-state index is 12.5. The van der Waals surface area contributed by atoms with Crippen LogP contribution in [0.5, 0.6) is 0 Å². The molecule has 1 aromatic carbocycles. The Morgan fingerprint density at radius 1 is 1.16 bits per heavy atom. The molecule has 1 aromatic heterocycles. The van der Waals surface area contributed by atoms with Crippen molar-refractivity contribution in [3.05, 3.63) is 45.4 Å². The first-order valence-electron chi connectivity index (χ1n) is 8.39. The first-order chi connectivity index (χ1) is 12.0. The van der Waals surface area contributed by atoms with Crippen LogP contribution in [0.15, 0.2) is 24.3 Å². The van der Waals surface area contributed by atoms with Crippen LogP contribution in [0.4, 0.5) is 5.13 Å². The summed E-state index contributed by atoms with van der Waals surface area (Å²) in [6.07, 6.45) is 5.61. The fraction of sp³-hybridized carbons (Fsp3) is 0.389. The fourth-order valence-corrected chi connectivity index (χ4v) is 4.05. The molecule has 1 fully saturated rings. The summed E-state index contributed by atoms with van der Waals surface area (Å²) in [6, 6.07) is 7.06. The van der Waals surface area contributed by atoms with E-state index in [1.165, 1.54) is 17.8 Å². The van der Waals surface area contributed by atoms with Gasteiger partial charge in [0, 0.05) is 6.04 Å². The lowest BCUT2D eigenvalue weighted by Gasteiger charge is -2.22. The number of aryl methyl sites for hydroxylation is 1. The van der Waals surface area contributed by atoms with Crippen molar-refractivity contribution >= 4 is 39.9 Å². The first kappa shape index (κ1) is 17.9. The zero-order valence-electron chi connectivity index (χ0n) is 14.0. The van der Waals surface area contributed by atoms with Crippen LogP contribution in [0.2, 0.25) is 5.02 Å². The Hall–Kier alpha value is -1.92. The van der Waals surface area contributed by atoms with Gasteiger partial charge in [-0.2, -0.15) is 0 Å². The minimum absolute atomic E-state index is 0.111. The maximum atomic E-state index is 12.5. The molecule has 2 aromatic rings. The second-order valence-electron chi connectivity index (χ2n) is 6.18. The molecule has 0 aliphatic heterocycles. The highest BCUT2D eigenvalue weighted by atomic mass is 35.5. The third-order valence-corrected chi connectivity index (χ3v) is 5.68. The summed E-state index contributed by atoms with van der Waals surface area (Å²) < 4.78 is 0. The van der Waals surface area contributed by atoms with Crippen LogP contribution in [0.1, 0.15) is 57.8 Å². The number of hydrogen-bond donors (Lipinski definition) is 2. The third kappa shape index (κ3) is 4.38. The number of rotatable bonds is 4. The van der Waals surface area contributed by atoms with E-state index in [9.17, 15) is 9.59 Å². The Morgan fingerprint density at radius 2 is 1.88 bits per heavy atom. The molecular formula is C18H20ClN3O2S. The third-order valence-electron chi connectivity index (χ3n) is 4.28. The van der Waals surface area contributed by atoms with Gasteiger partial charge in [0.05, 0.1) is 16.3 Å². The predicted octanol–water partition coefficient (Wildman–Crippen LogP) is 4.42. The van der Waals surface area contributed by atoms with Crippen molar-refractivity contribution in [3.8, 4) is 0 Å². The number of carbonyl (C=O) groups is 2. The summed E-state index contributed by atoms with van der Waals surface area (Å²) in [5.41, 5.74) is 0.998. The Bertz CT molecular complexity index is 784. The van der Waals surface area contributed by atoms with Crippen LogP contribution in [0.25, 0.3) is 0 Å². The molecule has 132 valence electrons. The lowest BCUT2D eigenvalue weighted by Crippen LogP contribution is -2.36. The molecule has 0 unspecified atom stereocenters. The van der Waals surface area contributed by atoms with Gasteiger partial charge in [-0.25, -0.2) is 4.98 Å². The van der Waals surface area contributed by atoms with E-state index >= 15 is 0 Å². The number of aromatic nitrogens is 1. The van der Waals surface area contributed by atoms with Crippen LogP contribution >= 0.6 is 22.9 Å². The molecule has 1 saturated carbocycles. The highest BCUT2D eigenvalue weighted by Crippen LogP contribution is 2.25. The van der Waals surface area contributed by atoms with Gasteiger partial charge in [-0.1, -0.05) is 54.3 Å². The molecule has 25 heavy (non-hydrogen) atoms. The maximum Gasteiger partial charge on any atom is 0.263 e. The molecule has 1 aliphatic rings. The van der Waals surface area contributed by atoms with Gasteiger partial charge in [0.1, 0.15) is 4.88 Å². The summed E-state index contributed by atoms with van der Waals surface area (Å²) in [4.78, 5) is 29.6. The van der Waals surface area contributed by atoms with Gasteiger partial charge in [0.2, 0.25) is 0 Å². The van der Waals surface area contributed by atoms with Crippen LogP contribution < -0.4 is 10.6 Å². The molecule has 1 heterocycles. The second kappa shape index (κ2) is 7.97. The lowest BCUT2D eigenvalue weighted by atomic mass is 9.95. The SMILES string of the molecule is Cc1nc(NC(=O)c2ccccc2Cl)sc1C(=O)NC1CCCCC1. The molecule has 0 atom stereocenters. The Labute approximate surface area is 155 Å². The Morgan fingerprint density at radius 3 is 2.60 bits per heavy atom. The Kier molecular flexibility index (Phi) is 5.71. The van der Waals surface area contributed by atoms with Crippen molar-refractivity contribution in [1.82, 2.24) is 10.3 Å². The summed E-state index contributed by atoms with van der Waals surface area (Å²) in [5, 5.41) is 6.58. The van der Waals surface area contributed by atoms with Crippen molar-refractivity contribution in [2.24, 2.45) is 0 Å². The number of halogens is 1. The number of nitrogens with one attached hydrogen (secondary N) is 2. The number of carbonyl (C=O) groups excluding carboxylic acids is 2. The number of nitrogens with zero attached hydrogens (tertiary/aromatic N) is 1. The van der Waals surface area contributed by atoms with Crippen molar-refractivity contribution in [3.63, 3.8) is 0 Å². The normalized spacial score (nSPS) is 15.0. The fourth-order valence-electron chi connectivity index (χ4n) is 2.97. The van der Waals surface area contributed by atoms with E-state index in [2.05, 4.69) is 15.6 Å². The molecule has 7 heteroatoms. The molecule has 0 spiro atoms. The number of anilines is 1. The molecule has 2 amide bonds. The number of benzene rings is 1. The van der Waals surface area contributed by atoms with Gasteiger partial charge in [-0.05, 0) is 31.9 Å². The van der Waals surface area contributed by atoms with Gasteiger partial charge in [-0.15, -0.1) is 0 Å². The smallest absolute Gasteiger partial charge is 0.263 e. The minimum Gasteiger partial charge on any atom is -0.349 e. The molecule has 0 saturated heterocycles. The Balaban J connectivity index is 1.68. The molecule has 2 N–H and O–H groups in total. The molecular weight excluding hydrogens is 358 g/mol. The van der Waals surface area contributed by atoms with Gasteiger partial charge < -0.3 is 5.32 Å². The number of thiazole rings is 1. The largest absolute Gasteiger partial charge is 0.349 e. The van der Waals surface area contributed by atoms with Gasteiger partial charge in [-0.3, -0.25) is 14.9 Å². The van der Waals surface area contributed by atoms with Crippen molar-refractivity contribution < 1.29 is 9.59 Å². The summed E-state index contributed by atoms with van der Waals surface area (Å²) in [6.45, 7) is 1.78. The molecule has 5 nitrogen and oxygen atoms in total. The average Bonchev–Trinajstić information content (AvgIpc) is 2.96. The van der Waals surface area contributed by atoms with Gasteiger partial charge in [0.15, 0.2) is 5.13 Å². The molecule has 0 bridgehead atoms. The first-order valence-corrected chi connectivity index (χ1v) is 9.58.